The summed E-state index contributed by atoms with van der Waals surface area (Å²) in [4.78, 5) is 0. The van der Waals surface area contributed by atoms with Crippen molar-refractivity contribution in [2.24, 2.45) is 0 Å². The summed E-state index contributed by atoms with van der Waals surface area (Å²) in [5.41, 5.74) is 6.32. The third-order valence-corrected chi connectivity index (χ3v) is 3.73. The molecule has 0 amide bonds. The maximum atomic E-state index is 5.78. The van der Waals surface area contributed by atoms with E-state index in [0.29, 0.717) is 0 Å². The van der Waals surface area contributed by atoms with Crippen LogP contribution >= 0.6 is 0 Å². The van der Waals surface area contributed by atoms with Crippen LogP contribution in [0.5, 0.6) is 0 Å². The second kappa shape index (κ2) is 3.44. The first-order chi connectivity index (χ1) is 8.19. The quantitative estimate of drug-likeness (QED) is 0.549. The molecule has 0 N–H and O–H groups in total. The molecule has 0 aromatic heterocycles. The van der Waals surface area contributed by atoms with Gasteiger partial charge < -0.3 is 4.74 Å². The van der Waals surface area contributed by atoms with Crippen LogP contribution in [0, 0.1) is 0 Å². The minimum Gasteiger partial charge on any atom is -0.359 e. The summed E-state index contributed by atoms with van der Waals surface area (Å²) in [6, 6.07) is 8.53. The fourth-order valence-corrected chi connectivity index (χ4v) is 2.65. The van der Waals surface area contributed by atoms with Gasteiger partial charge in [0.25, 0.3) is 0 Å². The molecule has 0 saturated carbocycles. The van der Waals surface area contributed by atoms with Crippen LogP contribution in [-0.4, -0.2) is 6.61 Å². The van der Waals surface area contributed by atoms with Crippen LogP contribution in [0.4, 0.5) is 0 Å². The molecule has 2 aliphatic rings. The Hall–Kier alpha value is -1.60. The lowest BCUT2D eigenvalue weighted by atomic mass is 9.95. The predicted octanol–water partition coefficient (Wildman–Crippen LogP) is 3.83. The zero-order chi connectivity index (χ0) is 12.0. The standard InChI is InChI=1S/C16H16O/c1-4-11(2)9-15-12(3)13-7-5-6-8-14(13)16(15)10-17-16/h4-9H,1,10H2,2-3H3/b11-9-. The van der Waals surface area contributed by atoms with Crippen LogP contribution in [0.25, 0.3) is 5.57 Å². The number of benzene rings is 1. The number of hydrogen-bond acceptors (Lipinski definition) is 1. The van der Waals surface area contributed by atoms with Gasteiger partial charge in [0.2, 0.25) is 0 Å². The van der Waals surface area contributed by atoms with Crippen molar-refractivity contribution < 1.29 is 4.74 Å². The Morgan fingerprint density at radius 3 is 2.76 bits per heavy atom. The Kier molecular flexibility index (Phi) is 2.14. The van der Waals surface area contributed by atoms with E-state index in [2.05, 4.69) is 50.8 Å². The lowest BCUT2D eigenvalue weighted by molar-refractivity contribution is 0.352. The Balaban J connectivity index is 2.19. The monoisotopic (exact) mass is 224 g/mol. The summed E-state index contributed by atoms with van der Waals surface area (Å²) >= 11 is 0. The molecule has 17 heavy (non-hydrogen) atoms. The molecule has 1 nitrogen and oxygen atoms in total. The molecule has 1 aromatic rings. The van der Waals surface area contributed by atoms with Gasteiger partial charge in [-0.1, -0.05) is 48.6 Å². The first-order valence-corrected chi connectivity index (χ1v) is 5.95. The highest BCUT2D eigenvalue weighted by Crippen LogP contribution is 2.55. The largest absolute Gasteiger partial charge is 0.359 e. The number of ether oxygens (including phenoxy) is 1. The molecule has 1 spiro atoms. The molecule has 1 heteroatoms. The third-order valence-electron chi connectivity index (χ3n) is 3.73. The first-order valence-electron chi connectivity index (χ1n) is 5.95. The Morgan fingerprint density at radius 1 is 1.41 bits per heavy atom. The lowest BCUT2D eigenvalue weighted by Gasteiger charge is -2.08. The number of epoxide rings is 1. The molecular weight excluding hydrogens is 208 g/mol. The third kappa shape index (κ3) is 1.36. The summed E-state index contributed by atoms with van der Waals surface area (Å²) in [5.74, 6) is 0. The normalized spacial score (nSPS) is 26.4. The van der Waals surface area contributed by atoms with Crippen LogP contribution in [0.1, 0.15) is 25.0 Å². The minimum absolute atomic E-state index is 0.148. The topological polar surface area (TPSA) is 12.5 Å². The maximum absolute atomic E-state index is 5.78. The highest BCUT2D eigenvalue weighted by molar-refractivity contribution is 5.82. The summed E-state index contributed by atoms with van der Waals surface area (Å²) in [7, 11) is 0. The van der Waals surface area contributed by atoms with E-state index in [4.69, 9.17) is 4.74 Å². The van der Waals surface area contributed by atoms with E-state index in [1.165, 1.54) is 27.8 Å². The molecule has 0 bridgehead atoms. The number of fused-ring (bicyclic) bond motifs is 2. The van der Waals surface area contributed by atoms with Crippen molar-refractivity contribution in [3.8, 4) is 0 Å². The van der Waals surface area contributed by atoms with Crippen LogP contribution in [0.15, 0.2) is 54.1 Å². The van der Waals surface area contributed by atoms with Gasteiger partial charge in [-0.25, -0.2) is 0 Å². The van der Waals surface area contributed by atoms with Crippen molar-refractivity contribution in [3.05, 3.63) is 65.3 Å². The van der Waals surface area contributed by atoms with Gasteiger partial charge in [0.15, 0.2) is 0 Å². The molecule has 1 saturated heterocycles. The predicted molar refractivity (Wildman–Crippen MR) is 70.6 cm³/mol. The molecule has 1 unspecified atom stereocenters. The van der Waals surface area contributed by atoms with Crippen LogP contribution in [0.2, 0.25) is 0 Å². The van der Waals surface area contributed by atoms with Crippen molar-refractivity contribution in [3.63, 3.8) is 0 Å². The van der Waals surface area contributed by atoms with Crippen molar-refractivity contribution in [1.82, 2.24) is 0 Å². The SMILES string of the molecule is C=C/C(C)=C\C1=C(C)c2ccccc2C12CO2. The van der Waals surface area contributed by atoms with E-state index >= 15 is 0 Å². The van der Waals surface area contributed by atoms with Crippen molar-refractivity contribution in [1.29, 1.82) is 0 Å². The average molecular weight is 224 g/mol. The van der Waals surface area contributed by atoms with E-state index in [9.17, 15) is 0 Å². The van der Waals surface area contributed by atoms with Gasteiger partial charge in [0.1, 0.15) is 5.60 Å². The van der Waals surface area contributed by atoms with Crippen LogP contribution in [0.3, 0.4) is 0 Å². The highest BCUT2D eigenvalue weighted by Gasteiger charge is 2.54. The fraction of sp³-hybridized carbons (Fsp3) is 0.250. The average Bonchev–Trinajstić information content (AvgIpc) is 3.12. The summed E-state index contributed by atoms with van der Waals surface area (Å²) in [5, 5.41) is 0. The van der Waals surface area contributed by atoms with E-state index < -0.39 is 0 Å². The van der Waals surface area contributed by atoms with Gasteiger partial charge in [-0.3, -0.25) is 0 Å². The molecule has 1 fully saturated rings. The van der Waals surface area contributed by atoms with Gasteiger partial charge in [-0.05, 0) is 36.1 Å². The molecular formula is C16H16O. The molecule has 1 aliphatic heterocycles. The molecule has 1 aliphatic carbocycles. The van der Waals surface area contributed by atoms with Gasteiger partial charge in [0, 0.05) is 0 Å². The summed E-state index contributed by atoms with van der Waals surface area (Å²) < 4.78 is 5.78. The van der Waals surface area contributed by atoms with Gasteiger partial charge in [-0.2, -0.15) is 0 Å². The number of allylic oxidation sites excluding steroid dienone is 3. The second-order valence-electron chi connectivity index (χ2n) is 4.79. The molecule has 86 valence electrons. The highest BCUT2D eigenvalue weighted by atomic mass is 16.6. The van der Waals surface area contributed by atoms with Gasteiger partial charge in [-0.15, -0.1) is 0 Å². The smallest absolute Gasteiger partial charge is 0.142 e. The van der Waals surface area contributed by atoms with Gasteiger partial charge in [0.05, 0.1) is 6.61 Å². The molecule has 0 radical (unpaired) electrons. The van der Waals surface area contributed by atoms with E-state index in [0.717, 1.165) is 6.61 Å². The molecule has 1 aromatic carbocycles. The Morgan fingerprint density at radius 2 is 2.12 bits per heavy atom. The second-order valence-corrected chi connectivity index (χ2v) is 4.79. The van der Waals surface area contributed by atoms with Crippen LogP contribution in [-0.2, 0) is 10.3 Å². The lowest BCUT2D eigenvalue weighted by Crippen LogP contribution is -2.07. The number of rotatable bonds is 2. The van der Waals surface area contributed by atoms with Gasteiger partial charge >= 0.3 is 0 Å². The maximum Gasteiger partial charge on any atom is 0.142 e. The van der Waals surface area contributed by atoms with Crippen molar-refractivity contribution in [2.45, 2.75) is 19.4 Å². The Bertz CT molecular complexity index is 557. The summed E-state index contributed by atoms with van der Waals surface area (Å²) in [6.45, 7) is 8.87. The fourth-order valence-electron chi connectivity index (χ4n) is 2.65. The van der Waals surface area contributed by atoms with Crippen molar-refractivity contribution >= 4 is 5.57 Å². The number of hydrogen-bond donors (Lipinski definition) is 0. The zero-order valence-electron chi connectivity index (χ0n) is 10.3. The van der Waals surface area contributed by atoms with E-state index in [-0.39, 0.29) is 5.60 Å². The van der Waals surface area contributed by atoms with Crippen LogP contribution < -0.4 is 0 Å². The van der Waals surface area contributed by atoms with E-state index in [1.54, 1.807) is 0 Å². The summed E-state index contributed by atoms with van der Waals surface area (Å²) in [6.07, 6.45) is 4.09. The minimum atomic E-state index is -0.148. The molecule has 1 atom stereocenters. The first kappa shape index (κ1) is 10.5. The van der Waals surface area contributed by atoms with E-state index in [1.807, 2.05) is 6.08 Å². The Labute approximate surface area is 102 Å². The van der Waals surface area contributed by atoms with Crippen molar-refractivity contribution in [2.75, 3.05) is 6.61 Å². The zero-order valence-corrected chi connectivity index (χ0v) is 10.3. The molecule has 3 rings (SSSR count). The molecule has 1 heterocycles.